The molecule has 0 spiro atoms. The lowest BCUT2D eigenvalue weighted by molar-refractivity contribution is -0.116. The average Bonchev–Trinajstić information content (AvgIpc) is 2.60. The van der Waals surface area contributed by atoms with Gasteiger partial charge in [0.15, 0.2) is 0 Å². The standard InChI is InChI=1S/C10H14N2OS/c1-4-9(13)11-5-7(2)10-12-6-8(3)14-10/h4,6-7H,1,5H2,2-3H3,(H,11,13). The minimum absolute atomic E-state index is 0.134. The summed E-state index contributed by atoms with van der Waals surface area (Å²) < 4.78 is 0. The molecule has 1 atom stereocenters. The topological polar surface area (TPSA) is 42.0 Å². The zero-order valence-electron chi connectivity index (χ0n) is 8.41. The first-order chi connectivity index (χ1) is 6.63. The molecule has 0 aliphatic rings. The van der Waals surface area contributed by atoms with Gasteiger partial charge in [-0.3, -0.25) is 4.79 Å². The van der Waals surface area contributed by atoms with Crippen LogP contribution in [0.15, 0.2) is 18.9 Å². The molecule has 1 rings (SSSR count). The maximum absolute atomic E-state index is 10.9. The second kappa shape index (κ2) is 4.91. The van der Waals surface area contributed by atoms with Gasteiger partial charge in [-0.1, -0.05) is 13.5 Å². The largest absolute Gasteiger partial charge is 0.352 e. The van der Waals surface area contributed by atoms with Gasteiger partial charge in [-0.15, -0.1) is 11.3 Å². The van der Waals surface area contributed by atoms with Crippen LogP contribution < -0.4 is 5.32 Å². The molecule has 1 N–H and O–H groups in total. The summed E-state index contributed by atoms with van der Waals surface area (Å²) in [5.41, 5.74) is 0. The van der Waals surface area contributed by atoms with E-state index in [1.807, 2.05) is 20.0 Å². The van der Waals surface area contributed by atoms with E-state index in [1.165, 1.54) is 11.0 Å². The van der Waals surface area contributed by atoms with Crippen LogP contribution in [0.25, 0.3) is 0 Å². The number of nitrogens with zero attached hydrogens (tertiary/aromatic N) is 1. The summed E-state index contributed by atoms with van der Waals surface area (Å²) in [6.07, 6.45) is 3.13. The molecule has 1 amide bonds. The fourth-order valence-corrected chi connectivity index (χ4v) is 1.84. The Bertz CT molecular complexity index is 333. The van der Waals surface area contributed by atoms with E-state index in [4.69, 9.17) is 0 Å². The number of carbonyl (C=O) groups excluding carboxylic acids is 1. The van der Waals surface area contributed by atoms with Crippen LogP contribution >= 0.6 is 11.3 Å². The van der Waals surface area contributed by atoms with Crippen molar-refractivity contribution in [3.05, 3.63) is 28.7 Å². The zero-order valence-corrected chi connectivity index (χ0v) is 9.23. The third-order valence-corrected chi connectivity index (χ3v) is 2.97. The van der Waals surface area contributed by atoms with Gasteiger partial charge in [0.1, 0.15) is 0 Å². The fraction of sp³-hybridized carbons (Fsp3) is 0.400. The van der Waals surface area contributed by atoms with Crippen molar-refractivity contribution in [2.45, 2.75) is 19.8 Å². The lowest BCUT2D eigenvalue weighted by Gasteiger charge is -2.07. The van der Waals surface area contributed by atoms with Crippen LogP contribution in [0.3, 0.4) is 0 Å². The van der Waals surface area contributed by atoms with E-state index in [2.05, 4.69) is 16.9 Å². The Morgan fingerprint density at radius 2 is 2.57 bits per heavy atom. The lowest BCUT2D eigenvalue weighted by Crippen LogP contribution is -2.25. The number of amides is 1. The van der Waals surface area contributed by atoms with Crippen molar-refractivity contribution >= 4 is 17.2 Å². The number of aryl methyl sites for hydroxylation is 1. The Balaban J connectivity index is 2.46. The predicted molar refractivity (Wildman–Crippen MR) is 58.5 cm³/mol. The summed E-state index contributed by atoms with van der Waals surface area (Å²) in [7, 11) is 0. The van der Waals surface area contributed by atoms with Crippen LogP contribution in [-0.4, -0.2) is 17.4 Å². The van der Waals surface area contributed by atoms with Crippen LogP contribution in [0, 0.1) is 6.92 Å². The van der Waals surface area contributed by atoms with Gasteiger partial charge in [-0.05, 0) is 13.0 Å². The third-order valence-electron chi connectivity index (χ3n) is 1.83. The van der Waals surface area contributed by atoms with Crippen molar-refractivity contribution in [3.8, 4) is 0 Å². The van der Waals surface area contributed by atoms with Crippen LogP contribution in [-0.2, 0) is 4.79 Å². The van der Waals surface area contributed by atoms with E-state index in [-0.39, 0.29) is 11.8 Å². The molecule has 0 saturated carbocycles. The molecule has 76 valence electrons. The molecule has 1 aromatic heterocycles. The minimum atomic E-state index is -0.134. The minimum Gasteiger partial charge on any atom is -0.352 e. The van der Waals surface area contributed by atoms with Crippen LogP contribution in [0.1, 0.15) is 22.7 Å². The van der Waals surface area contributed by atoms with Gasteiger partial charge in [0.25, 0.3) is 0 Å². The second-order valence-electron chi connectivity index (χ2n) is 3.16. The quantitative estimate of drug-likeness (QED) is 0.771. The number of rotatable bonds is 4. The Morgan fingerprint density at radius 3 is 3.07 bits per heavy atom. The number of carbonyl (C=O) groups is 1. The smallest absolute Gasteiger partial charge is 0.243 e. The van der Waals surface area contributed by atoms with E-state index >= 15 is 0 Å². The van der Waals surface area contributed by atoms with Crippen molar-refractivity contribution < 1.29 is 4.79 Å². The number of aromatic nitrogens is 1. The Morgan fingerprint density at radius 1 is 1.86 bits per heavy atom. The normalized spacial score (nSPS) is 12.1. The van der Waals surface area contributed by atoms with Crippen LogP contribution in [0.5, 0.6) is 0 Å². The fourth-order valence-electron chi connectivity index (χ4n) is 1.01. The van der Waals surface area contributed by atoms with Gasteiger partial charge in [0.05, 0.1) is 5.01 Å². The number of thiazole rings is 1. The molecular formula is C10H14N2OS. The summed E-state index contributed by atoms with van der Waals surface area (Å²) in [6.45, 7) is 8.07. The highest BCUT2D eigenvalue weighted by Gasteiger charge is 2.09. The molecule has 0 fully saturated rings. The molecular weight excluding hydrogens is 196 g/mol. The monoisotopic (exact) mass is 210 g/mol. The van der Waals surface area contributed by atoms with E-state index in [0.717, 1.165) is 5.01 Å². The molecule has 1 unspecified atom stereocenters. The first-order valence-electron chi connectivity index (χ1n) is 4.46. The van der Waals surface area contributed by atoms with Gasteiger partial charge in [0, 0.05) is 23.5 Å². The molecule has 0 aromatic carbocycles. The zero-order chi connectivity index (χ0) is 10.6. The number of hydrogen-bond acceptors (Lipinski definition) is 3. The van der Waals surface area contributed by atoms with Crippen LogP contribution in [0.4, 0.5) is 0 Å². The van der Waals surface area contributed by atoms with E-state index < -0.39 is 0 Å². The van der Waals surface area contributed by atoms with Crippen molar-refractivity contribution in [2.75, 3.05) is 6.54 Å². The van der Waals surface area contributed by atoms with Gasteiger partial charge in [-0.2, -0.15) is 0 Å². The molecule has 1 aromatic rings. The molecule has 4 heteroatoms. The molecule has 14 heavy (non-hydrogen) atoms. The molecule has 0 radical (unpaired) electrons. The molecule has 0 saturated heterocycles. The van der Waals surface area contributed by atoms with Crippen molar-refractivity contribution in [1.82, 2.24) is 10.3 Å². The van der Waals surface area contributed by atoms with Gasteiger partial charge >= 0.3 is 0 Å². The Hall–Kier alpha value is -1.16. The molecule has 0 bridgehead atoms. The van der Waals surface area contributed by atoms with E-state index in [9.17, 15) is 4.79 Å². The molecule has 0 aliphatic heterocycles. The number of hydrogen-bond donors (Lipinski definition) is 1. The summed E-state index contributed by atoms with van der Waals surface area (Å²) in [5, 5.41) is 3.81. The van der Waals surface area contributed by atoms with Crippen molar-refractivity contribution in [3.63, 3.8) is 0 Å². The summed E-state index contributed by atoms with van der Waals surface area (Å²) in [4.78, 5) is 16.4. The first kappa shape index (κ1) is 10.9. The van der Waals surface area contributed by atoms with E-state index in [0.29, 0.717) is 6.54 Å². The average molecular weight is 210 g/mol. The molecule has 1 heterocycles. The molecule has 3 nitrogen and oxygen atoms in total. The summed E-state index contributed by atoms with van der Waals surface area (Å²) in [6, 6.07) is 0. The van der Waals surface area contributed by atoms with Crippen molar-refractivity contribution in [1.29, 1.82) is 0 Å². The highest BCUT2D eigenvalue weighted by molar-refractivity contribution is 7.11. The highest BCUT2D eigenvalue weighted by Crippen LogP contribution is 2.20. The van der Waals surface area contributed by atoms with E-state index in [1.54, 1.807) is 11.3 Å². The van der Waals surface area contributed by atoms with Gasteiger partial charge in [0.2, 0.25) is 5.91 Å². The summed E-state index contributed by atoms with van der Waals surface area (Å²) in [5.74, 6) is 0.128. The predicted octanol–water partition coefficient (Wildman–Crippen LogP) is 1.86. The van der Waals surface area contributed by atoms with Crippen LogP contribution in [0.2, 0.25) is 0 Å². The maximum atomic E-state index is 10.9. The second-order valence-corrected chi connectivity index (χ2v) is 4.43. The third kappa shape index (κ3) is 2.96. The first-order valence-corrected chi connectivity index (χ1v) is 5.27. The molecule has 0 aliphatic carbocycles. The Kier molecular flexibility index (Phi) is 3.83. The van der Waals surface area contributed by atoms with Crippen molar-refractivity contribution in [2.24, 2.45) is 0 Å². The lowest BCUT2D eigenvalue weighted by atomic mass is 10.2. The van der Waals surface area contributed by atoms with Gasteiger partial charge in [-0.25, -0.2) is 4.98 Å². The Labute approximate surface area is 87.9 Å². The SMILES string of the molecule is C=CC(=O)NCC(C)c1ncc(C)s1. The maximum Gasteiger partial charge on any atom is 0.243 e. The number of nitrogens with one attached hydrogen (secondary N) is 1. The van der Waals surface area contributed by atoms with Gasteiger partial charge < -0.3 is 5.32 Å². The summed E-state index contributed by atoms with van der Waals surface area (Å²) >= 11 is 1.67. The highest BCUT2D eigenvalue weighted by atomic mass is 32.1.